The quantitative estimate of drug-likeness (QED) is 0.856. The summed E-state index contributed by atoms with van der Waals surface area (Å²) in [6, 6.07) is 6.70. The first-order valence-corrected chi connectivity index (χ1v) is 7.70. The van der Waals surface area contributed by atoms with Crippen LogP contribution in [0.25, 0.3) is 0 Å². The number of thiocarbonyl (C=S) groups is 1. The molecule has 1 aromatic carbocycles. The van der Waals surface area contributed by atoms with Crippen LogP contribution in [0.2, 0.25) is 0 Å². The Kier molecular flexibility index (Phi) is 4.81. The molecule has 1 heterocycles. The van der Waals surface area contributed by atoms with E-state index in [0.717, 1.165) is 28.8 Å². The van der Waals surface area contributed by atoms with Gasteiger partial charge in [0.15, 0.2) is 0 Å². The monoisotopic (exact) mass is 341 g/mol. The van der Waals surface area contributed by atoms with Gasteiger partial charge in [0.25, 0.3) is 0 Å². The highest BCUT2D eigenvalue weighted by atomic mass is 79.9. The van der Waals surface area contributed by atoms with Crippen LogP contribution in [-0.4, -0.2) is 43.1 Å². The SMILES string of the molecule is CN1CCC(N(C)c2ccc(Br)cc2C(N)=S)CC1. The van der Waals surface area contributed by atoms with Crippen LogP contribution in [0.3, 0.4) is 0 Å². The number of likely N-dealkylation sites (tertiary alicyclic amines) is 1. The lowest BCUT2D eigenvalue weighted by atomic mass is 10.0. The van der Waals surface area contributed by atoms with Crippen LogP contribution in [0.15, 0.2) is 22.7 Å². The second kappa shape index (κ2) is 6.20. The summed E-state index contributed by atoms with van der Waals surface area (Å²) >= 11 is 8.65. The Hall–Kier alpha value is -0.650. The molecule has 0 atom stereocenters. The molecule has 0 saturated carbocycles. The van der Waals surface area contributed by atoms with Crippen LogP contribution >= 0.6 is 28.1 Å². The van der Waals surface area contributed by atoms with Crippen molar-refractivity contribution >= 4 is 38.8 Å². The Morgan fingerprint density at radius 3 is 2.63 bits per heavy atom. The zero-order valence-corrected chi connectivity index (χ0v) is 13.8. The molecule has 3 nitrogen and oxygen atoms in total. The van der Waals surface area contributed by atoms with Crippen LogP contribution < -0.4 is 10.6 Å². The van der Waals surface area contributed by atoms with E-state index in [-0.39, 0.29) is 0 Å². The fraction of sp³-hybridized carbons (Fsp3) is 0.500. The van der Waals surface area contributed by atoms with Crippen molar-refractivity contribution in [2.24, 2.45) is 5.73 Å². The molecule has 0 spiro atoms. The number of halogens is 1. The Labute approximate surface area is 128 Å². The molecule has 0 aliphatic carbocycles. The molecular formula is C14H20BrN3S. The minimum atomic E-state index is 0.455. The van der Waals surface area contributed by atoms with Crippen molar-refractivity contribution in [3.05, 3.63) is 28.2 Å². The zero-order valence-electron chi connectivity index (χ0n) is 11.4. The Morgan fingerprint density at radius 1 is 1.42 bits per heavy atom. The normalized spacial score (nSPS) is 17.4. The molecule has 1 fully saturated rings. The van der Waals surface area contributed by atoms with E-state index in [4.69, 9.17) is 18.0 Å². The minimum absolute atomic E-state index is 0.455. The first-order valence-electron chi connectivity index (χ1n) is 6.50. The molecule has 1 aromatic rings. The van der Waals surface area contributed by atoms with Gasteiger partial charge < -0.3 is 15.5 Å². The van der Waals surface area contributed by atoms with Crippen molar-refractivity contribution in [1.29, 1.82) is 0 Å². The van der Waals surface area contributed by atoms with Gasteiger partial charge in [0.05, 0.1) is 0 Å². The number of benzene rings is 1. The zero-order chi connectivity index (χ0) is 14.0. The van der Waals surface area contributed by atoms with E-state index in [0.29, 0.717) is 11.0 Å². The molecule has 0 radical (unpaired) electrons. The van der Waals surface area contributed by atoms with E-state index in [2.05, 4.69) is 45.9 Å². The summed E-state index contributed by atoms with van der Waals surface area (Å²) in [6.45, 7) is 2.29. The van der Waals surface area contributed by atoms with Gasteiger partial charge in [-0.15, -0.1) is 0 Å². The largest absolute Gasteiger partial charge is 0.389 e. The summed E-state index contributed by atoms with van der Waals surface area (Å²) in [5.74, 6) is 0. The number of nitrogens with zero attached hydrogens (tertiary/aromatic N) is 2. The highest BCUT2D eigenvalue weighted by Crippen LogP contribution is 2.28. The van der Waals surface area contributed by atoms with Crippen molar-refractivity contribution in [3.63, 3.8) is 0 Å². The van der Waals surface area contributed by atoms with Crippen LogP contribution in [0.1, 0.15) is 18.4 Å². The van der Waals surface area contributed by atoms with E-state index in [1.54, 1.807) is 0 Å². The molecular weight excluding hydrogens is 322 g/mol. The number of nitrogens with two attached hydrogens (primary N) is 1. The lowest BCUT2D eigenvalue weighted by molar-refractivity contribution is 0.253. The predicted octanol–water partition coefficient (Wildman–Crippen LogP) is 2.61. The summed E-state index contributed by atoms with van der Waals surface area (Å²) in [7, 11) is 4.32. The second-order valence-corrected chi connectivity index (χ2v) is 6.53. The lowest BCUT2D eigenvalue weighted by Gasteiger charge is -2.37. The third-order valence-corrected chi connectivity index (χ3v) is 4.55. The van der Waals surface area contributed by atoms with E-state index in [1.807, 2.05) is 12.1 Å². The van der Waals surface area contributed by atoms with Crippen molar-refractivity contribution in [1.82, 2.24) is 4.90 Å². The van der Waals surface area contributed by atoms with E-state index in [1.165, 1.54) is 12.8 Å². The Balaban J connectivity index is 2.23. The Morgan fingerprint density at radius 2 is 2.05 bits per heavy atom. The molecule has 0 bridgehead atoms. The van der Waals surface area contributed by atoms with Gasteiger partial charge in [-0.3, -0.25) is 0 Å². The molecule has 0 aromatic heterocycles. The van der Waals surface area contributed by atoms with E-state index >= 15 is 0 Å². The molecule has 0 amide bonds. The number of piperidine rings is 1. The lowest BCUT2D eigenvalue weighted by Crippen LogP contribution is -2.42. The number of hydrogen-bond acceptors (Lipinski definition) is 3. The van der Waals surface area contributed by atoms with Crippen molar-refractivity contribution in [2.45, 2.75) is 18.9 Å². The van der Waals surface area contributed by atoms with E-state index < -0.39 is 0 Å². The maximum Gasteiger partial charge on any atom is 0.106 e. The smallest absolute Gasteiger partial charge is 0.106 e. The highest BCUT2D eigenvalue weighted by molar-refractivity contribution is 9.10. The first-order chi connectivity index (χ1) is 8.99. The summed E-state index contributed by atoms with van der Waals surface area (Å²) in [5, 5.41) is 0. The third kappa shape index (κ3) is 3.46. The van der Waals surface area contributed by atoms with Gasteiger partial charge in [0, 0.05) is 28.8 Å². The molecule has 2 rings (SSSR count). The number of hydrogen-bond donors (Lipinski definition) is 1. The van der Waals surface area contributed by atoms with Gasteiger partial charge in [-0.1, -0.05) is 28.1 Å². The van der Waals surface area contributed by atoms with Crippen molar-refractivity contribution in [2.75, 3.05) is 32.1 Å². The summed E-state index contributed by atoms with van der Waals surface area (Å²) in [6.07, 6.45) is 2.36. The van der Waals surface area contributed by atoms with Gasteiger partial charge in [0.1, 0.15) is 4.99 Å². The van der Waals surface area contributed by atoms with E-state index in [9.17, 15) is 0 Å². The molecule has 1 aliphatic rings. The molecule has 104 valence electrons. The molecule has 19 heavy (non-hydrogen) atoms. The van der Waals surface area contributed by atoms with Crippen LogP contribution in [0.5, 0.6) is 0 Å². The topological polar surface area (TPSA) is 32.5 Å². The van der Waals surface area contributed by atoms with Gasteiger partial charge in [-0.25, -0.2) is 0 Å². The Bertz CT molecular complexity index is 470. The minimum Gasteiger partial charge on any atom is -0.389 e. The van der Waals surface area contributed by atoms with Crippen LogP contribution in [-0.2, 0) is 0 Å². The number of rotatable bonds is 3. The van der Waals surface area contributed by atoms with Crippen LogP contribution in [0, 0.1) is 0 Å². The summed E-state index contributed by atoms with van der Waals surface area (Å²) < 4.78 is 1.01. The van der Waals surface area contributed by atoms with Gasteiger partial charge in [-0.05, 0) is 51.2 Å². The molecule has 0 unspecified atom stereocenters. The molecule has 1 aliphatic heterocycles. The fourth-order valence-electron chi connectivity index (χ4n) is 2.59. The second-order valence-electron chi connectivity index (χ2n) is 5.17. The maximum absolute atomic E-state index is 5.85. The average molecular weight is 342 g/mol. The van der Waals surface area contributed by atoms with Gasteiger partial charge in [0.2, 0.25) is 0 Å². The maximum atomic E-state index is 5.85. The standard InChI is InChI=1S/C14H20BrN3S/c1-17-7-5-11(6-8-17)18(2)13-4-3-10(15)9-12(13)14(16)19/h3-4,9,11H,5-8H2,1-2H3,(H2,16,19). The number of anilines is 1. The first kappa shape index (κ1) is 14.8. The summed E-state index contributed by atoms with van der Waals surface area (Å²) in [5.41, 5.74) is 7.93. The van der Waals surface area contributed by atoms with Crippen LogP contribution in [0.4, 0.5) is 5.69 Å². The van der Waals surface area contributed by atoms with Gasteiger partial charge in [-0.2, -0.15) is 0 Å². The fourth-order valence-corrected chi connectivity index (χ4v) is 3.12. The van der Waals surface area contributed by atoms with Crippen molar-refractivity contribution < 1.29 is 0 Å². The third-order valence-electron chi connectivity index (χ3n) is 3.84. The predicted molar refractivity (Wildman–Crippen MR) is 89.0 cm³/mol. The summed E-state index contributed by atoms with van der Waals surface area (Å²) in [4.78, 5) is 5.16. The highest BCUT2D eigenvalue weighted by Gasteiger charge is 2.22. The molecule has 5 heteroatoms. The van der Waals surface area contributed by atoms with Crippen molar-refractivity contribution in [3.8, 4) is 0 Å². The average Bonchev–Trinajstić information content (AvgIpc) is 2.38. The van der Waals surface area contributed by atoms with Gasteiger partial charge >= 0.3 is 0 Å². The molecule has 2 N–H and O–H groups in total. The molecule has 1 saturated heterocycles.